The molecule has 2 saturated heterocycles. The third-order valence-corrected chi connectivity index (χ3v) is 6.87. The number of fused-ring (bicyclic) bond motifs is 1. The molecule has 3 unspecified atom stereocenters. The average Bonchev–Trinajstić information content (AvgIpc) is 2.85. The Morgan fingerprint density at radius 1 is 1.37 bits per heavy atom. The van der Waals surface area contributed by atoms with Crippen molar-refractivity contribution >= 4 is 15.7 Å². The number of hydrogen-bond donors (Lipinski definition) is 1. The second kappa shape index (κ2) is 4.74. The van der Waals surface area contributed by atoms with E-state index in [4.69, 9.17) is 0 Å². The Morgan fingerprint density at radius 2 is 2.00 bits per heavy atom. The van der Waals surface area contributed by atoms with Gasteiger partial charge >= 0.3 is 0 Å². The van der Waals surface area contributed by atoms with Crippen LogP contribution < -0.4 is 5.32 Å². The Labute approximate surface area is 115 Å². The maximum atomic E-state index is 12.6. The molecule has 5 nitrogen and oxygen atoms in total. The van der Waals surface area contributed by atoms with Crippen LogP contribution in [0.1, 0.15) is 27.2 Å². The fraction of sp³-hybridized carbons (Fsp3) is 0.923. The second-order valence-electron chi connectivity index (χ2n) is 6.30. The molecule has 1 amide bonds. The van der Waals surface area contributed by atoms with Gasteiger partial charge in [-0.3, -0.25) is 4.79 Å². The quantitative estimate of drug-likeness (QED) is 0.809. The molecule has 110 valence electrons. The minimum absolute atomic E-state index is 0.175. The lowest BCUT2D eigenvalue weighted by Gasteiger charge is -2.33. The molecule has 0 aromatic heterocycles. The lowest BCUT2D eigenvalue weighted by Crippen LogP contribution is -2.52. The molecule has 19 heavy (non-hydrogen) atoms. The van der Waals surface area contributed by atoms with E-state index in [0.717, 1.165) is 25.8 Å². The molecule has 3 atom stereocenters. The van der Waals surface area contributed by atoms with Crippen LogP contribution in [0.15, 0.2) is 0 Å². The number of likely N-dealkylation sites (tertiary alicyclic amines) is 1. The zero-order valence-corrected chi connectivity index (χ0v) is 13.0. The molecule has 0 saturated carbocycles. The molecule has 2 aliphatic heterocycles. The van der Waals surface area contributed by atoms with E-state index in [1.807, 2.05) is 4.90 Å². The van der Waals surface area contributed by atoms with E-state index >= 15 is 0 Å². The van der Waals surface area contributed by atoms with Crippen molar-refractivity contribution in [3.8, 4) is 0 Å². The van der Waals surface area contributed by atoms with Crippen molar-refractivity contribution in [3.05, 3.63) is 0 Å². The van der Waals surface area contributed by atoms with E-state index in [1.54, 1.807) is 0 Å². The largest absolute Gasteiger partial charge is 0.338 e. The summed E-state index contributed by atoms with van der Waals surface area (Å²) < 4.78 is 22.3. The lowest BCUT2D eigenvalue weighted by atomic mass is 9.93. The van der Waals surface area contributed by atoms with Gasteiger partial charge in [-0.15, -0.1) is 0 Å². The highest BCUT2D eigenvalue weighted by Gasteiger charge is 2.50. The van der Waals surface area contributed by atoms with Gasteiger partial charge < -0.3 is 10.2 Å². The van der Waals surface area contributed by atoms with Crippen molar-refractivity contribution < 1.29 is 13.2 Å². The van der Waals surface area contributed by atoms with Gasteiger partial charge in [0.15, 0.2) is 9.84 Å². The van der Waals surface area contributed by atoms with Gasteiger partial charge in [-0.1, -0.05) is 6.92 Å². The van der Waals surface area contributed by atoms with Gasteiger partial charge in [0.05, 0.1) is 0 Å². The molecule has 0 aromatic carbocycles. The predicted molar refractivity (Wildman–Crippen MR) is 74.6 cm³/mol. The van der Waals surface area contributed by atoms with Crippen LogP contribution in [0, 0.1) is 11.8 Å². The normalized spacial score (nSPS) is 31.6. The van der Waals surface area contributed by atoms with Crippen LogP contribution in [0.25, 0.3) is 0 Å². The van der Waals surface area contributed by atoms with Crippen molar-refractivity contribution in [3.63, 3.8) is 0 Å². The third-order valence-electron chi connectivity index (χ3n) is 4.84. The van der Waals surface area contributed by atoms with Gasteiger partial charge in [-0.2, -0.15) is 0 Å². The molecule has 0 radical (unpaired) electrons. The van der Waals surface area contributed by atoms with Gasteiger partial charge in [0.1, 0.15) is 4.75 Å². The lowest BCUT2D eigenvalue weighted by molar-refractivity contribution is -0.134. The van der Waals surface area contributed by atoms with Crippen LogP contribution >= 0.6 is 0 Å². The van der Waals surface area contributed by atoms with Gasteiger partial charge in [-0.25, -0.2) is 8.42 Å². The fourth-order valence-corrected chi connectivity index (χ4v) is 3.72. The zero-order valence-electron chi connectivity index (χ0n) is 12.1. The number of nitrogens with zero attached hydrogens (tertiary/aromatic N) is 1. The summed E-state index contributed by atoms with van der Waals surface area (Å²) in [5.74, 6) is 0.713. The molecule has 0 spiro atoms. The number of carbonyl (C=O) groups is 1. The number of carbonyl (C=O) groups excluding carboxylic acids is 1. The van der Waals surface area contributed by atoms with Crippen molar-refractivity contribution in [2.24, 2.45) is 11.8 Å². The first kappa shape index (κ1) is 14.8. The van der Waals surface area contributed by atoms with E-state index in [-0.39, 0.29) is 11.9 Å². The summed E-state index contributed by atoms with van der Waals surface area (Å²) in [6.45, 7) is 7.66. The monoisotopic (exact) mass is 288 g/mol. The molecular weight excluding hydrogens is 264 g/mol. The molecule has 2 aliphatic rings. The zero-order chi connectivity index (χ0) is 14.4. The van der Waals surface area contributed by atoms with Gasteiger partial charge in [0.2, 0.25) is 5.91 Å². The Morgan fingerprint density at radius 3 is 2.53 bits per heavy atom. The second-order valence-corrected chi connectivity index (χ2v) is 8.86. The van der Waals surface area contributed by atoms with Crippen molar-refractivity contribution in [2.75, 3.05) is 25.9 Å². The first-order valence-electron chi connectivity index (χ1n) is 6.91. The molecule has 2 heterocycles. The summed E-state index contributed by atoms with van der Waals surface area (Å²) in [5.41, 5.74) is 0. The summed E-state index contributed by atoms with van der Waals surface area (Å²) in [4.78, 5) is 14.5. The van der Waals surface area contributed by atoms with Crippen LogP contribution in [0.2, 0.25) is 0 Å². The van der Waals surface area contributed by atoms with E-state index in [0.29, 0.717) is 18.4 Å². The summed E-state index contributed by atoms with van der Waals surface area (Å²) >= 11 is 0. The maximum absolute atomic E-state index is 12.6. The number of hydrogen-bond acceptors (Lipinski definition) is 4. The van der Waals surface area contributed by atoms with Crippen molar-refractivity contribution in [1.82, 2.24) is 10.2 Å². The van der Waals surface area contributed by atoms with Crippen molar-refractivity contribution in [2.45, 2.75) is 38.0 Å². The minimum Gasteiger partial charge on any atom is -0.338 e. The Bertz CT molecular complexity index is 472. The third kappa shape index (κ3) is 2.29. The predicted octanol–water partition coefficient (Wildman–Crippen LogP) is 0.266. The fourth-order valence-electron chi connectivity index (χ4n) is 3.28. The average molecular weight is 288 g/mol. The molecule has 2 fully saturated rings. The van der Waals surface area contributed by atoms with E-state index in [2.05, 4.69) is 12.2 Å². The summed E-state index contributed by atoms with van der Waals surface area (Å²) in [6, 6.07) is 0.175. The van der Waals surface area contributed by atoms with Crippen LogP contribution in [0.3, 0.4) is 0 Å². The smallest absolute Gasteiger partial charge is 0.243 e. The first-order valence-corrected chi connectivity index (χ1v) is 8.80. The standard InChI is InChI=1S/C13H24N2O3S/c1-5-11-10-7-14-6-9(10)8-15(11)12(16)13(2,3)19(4,17)18/h9-11,14H,5-8H2,1-4H3. The Hall–Kier alpha value is -0.620. The molecule has 0 aliphatic carbocycles. The van der Waals surface area contributed by atoms with Crippen LogP contribution in [-0.2, 0) is 14.6 Å². The molecule has 6 heteroatoms. The SMILES string of the molecule is CCC1C2CNCC2CN1C(=O)C(C)(C)S(C)(=O)=O. The van der Waals surface area contributed by atoms with E-state index < -0.39 is 14.6 Å². The number of nitrogens with one attached hydrogen (secondary N) is 1. The van der Waals surface area contributed by atoms with Gasteiger partial charge in [0.25, 0.3) is 0 Å². The molecule has 2 rings (SSSR count). The Balaban J connectivity index is 2.25. The molecule has 1 N–H and O–H groups in total. The summed E-state index contributed by atoms with van der Waals surface area (Å²) in [7, 11) is -3.40. The summed E-state index contributed by atoms with van der Waals surface area (Å²) in [5, 5.41) is 3.36. The van der Waals surface area contributed by atoms with Crippen LogP contribution in [0.4, 0.5) is 0 Å². The highest BCUT2D eigenvalue weighted by atomic mass is 32.2. The Kier molecular flexibility index (Phi) is 3.68. The molecule has 0 aromatic rings. The summed E-state index contributed by atoms with van der Waals surface area (Å²) in [6.07, 6.45) is 2.03. The molecular formula is C13H24N2O3S. The van der Waals surface area contributed by atoms with Gasteiger partial charge in [0, 0.05) is 31.9 Å². The highest BCUT2D eigenvalue weighted by Crippen LogP contribution is 2.36. The molecule has 0 bridgehead atoms. The minimum atomic E-state index is -3.40. The van der Waals surface area contributed by atoms with Crippen molar-refractivity contribution in [1.29, 1.82) is 0 Å². The van der Waals surface area contributed by atoms with Crippen LogP contribution in [0.5, 0.6) is 0 Å². The number of sulfone groups is 1. The highest BCUT2D eigenvalue weighted by molar-refractivity contribution is 7.92. The van der Waals surface area contributed by atoms with E-state index in [1.165, 1.54) is 13.8 Å². The first-order chi connectivity index (χ1) is 8.70. The number of amides is 1. The van der Waals surface area contributed by atoms with Gasteiger partial charge in [-0.05, 0) is 32.1 Å². The number of rotatable bonds is 3. The maximum Gasteiger partial charge on any atom is 0.243 e. The topological polar surface area (TPSA) is 66.5 Å². The van der Waals surface area contributed by atoms with Crippen LogP contribution in [-0.4, -0.2) is 55.9 Å². The van der Waals surface area contributed by atoms with E-state index in [9.17, 15) is 13.2 Å².